The number of para-hydroxylation sites is 1. The lowest BCUT2D eigenvalue weighted by Gasteiger charge is -2.18. The predicted molar refractivity (Wildman–Crippen MR) is 90.6 cm³/mol. The quantitative estimate of drug-likeness (QED) is 0.811. The van der Waals surface area contributed by atoms with E-state index in [2.05, 4.69) is 58.6 Å². The van der Waals surface area contributed by atoms with Crippen LogP contribution in [0.1, 0.15) is 29.7 Å². The predicted octanol–water partition coefficient (Wildman–Crippen LogP) is 4.95. The lowest BCUT2D eigenvalue weighted by atomic mass is 10.0. The Morgan fingerprint density at radius 2 is 1.86 bits per heavy atom. The normalized spacial score (nSPS) is 11.8. The van der Waals surface area contributed by atoms with Crippen molar-refractivity contribution in [2.45, 2.75) is 26.8 Å². The van der Waals surface area contributed by atoms with Crippen LogP contribution in [0.2, 0.25) is 0 Å². The molecule has 2 amide bonds. The first-order valence-electron chi connectivity index (χ1n) is 6.86. The van der Waals surface area contributed by atoms with Crippen molar-refractivity contribution in [2.24, 2.45) is 0 Å². The van der Waals surface area contributed by atoms with Gasteiger partial charge in [0.25, 0.3) is 0 Å². The van der Waals surface area contributed by atoms with E-state index in [4.69, 9.17) is 0 Å². The van der Waals surface area contributed by atoms with Gasteiger partial charge in [0.15, 0.2) is 0 Å². The summed E-state index contributed by atoms with van der Waals surface area (Å²) in [6.07, 6.45) is 0. The Bertz CT molecular complexity index is 655. The van der Waals surface area contributed by atoms with E-state index in [-0.39, 0.29) is 12.1 Å². The number of urea groups is 1. The van der Waals surface area contributed by atoms with Crippen molar-refractivity contribution >= 4 is 27.6 Å². The second kappa shape index (κ2) is 6.76. The third kappa shape index (κ3) is 4.08. The molecule has 0 aliphatic heterocycles. The fraction of sp³-hybridized carbons (Fsp3) is 0.235. The summed E-state index contributed by atoms with van der Waals surface area (Å²) in [6, 6.07) is 13.5. The van der Waals surface area contributed by atoms with Gasteiger partial charge in [-0.15, -0.1) is 0 Å². The van der Waals surface area contributed by atoms with Gasteiger partial charge in [0, 0.05) is 4.47 Å². The van der Waals surface area contributed by atoms with Crippen LogP contribution in [0.15, 0.2) is 46.9 Å². The van der Waals surface area contributed by atoms with Crippen LogP contribution >= 0.6 is 15.9 Å². The Labute approximate surface area is 133 Å². The molecule has 2 N–H and O–H groups in total. The molecule has 1 unspecified atom stereocenters. The summed E-state index contributed by atoms with van der Waals surface area (Å²) in [5.41, 5.74) is 4.25. The van der Waals surface area contributed by atoms with Crippen LogP contribution in [-0.4, -0.2) is 6.03 Å². The topological polar surface area (TPSA) is 41.1 Å². The van der Waals surface area contributed by atoms with Gasteiger partial charge in [-0.3, -0.25) is 0 Å². The Morgan fingerprint density at radius 3 is 2.57 bits per heavy atom. The van der Waals surface area contributed by atoms with Crippen molar-refractivity contribution in [3.8, 4) is 0 Å². The van der Waals surface area contributed by atoms with Crippen LogP contribution in [0.4, 0.5) is 10.5 Å². The lowest BCUT2D eigenvalue weighted by molar-refractivity contribution is 0.249. The monoisotopic (exact) mass is 346 g/mol. The van der Waals surface area contributed by atoms with E-state index in [1.54, 1.807) is 0 Å². The van der Waals surface area contributed by atoms with Crippen molar-refractivity contribution < 1.29 is 4.79 Å². The Hall–Kier alpha value is -1.81. The number of hydrogen-bond donors (Lipinski definition) is 2. The van der Waals surface area contributed by atoms with E-state index < -0.39 is 0 Å². The van der Waals surface area contributed by atoms with Crippen LogP contribution in [0, 0.1) is 13.8 Å². The molecule has 2 aromatic rings. The maximum atomic E-state index is 12.1. The molecule has 0 spiro atoms. The number of amides is 2. The van der Waals surface area contributed by atoms with Crippen molar-refractivity contribution in [3.63, 3.8) is 0 Å². The Balaban J connectivity index is 2.06. The Morgan fingerprint density at radius 1 is 1.14 bits per heavy atom. The van der Waals surface area contributed by atoms with E-state index in [0.717, 1.165) is 15.7 Å². The molecular weight excluding hydrogens is 328 g/mol. The number of rotatable bonds is 3. The SMILES string of the molecule is Cc1ccc(C)c(C(C)NC(=O)Nc2ccccc2Br)c1. The van der Waals surface area contributed by atoms with Crippen LogP contribution in [0.5, 0.6) is 0 Å². The number of carbonyl (C=O) groups excluding carboxylic acids is 1. The summed E-state index contributed by atoms with van der Waals surface area (Å²) in [5, 5.41) is 5.82. The molecule has 3 nitrogen and oxygen atoms in total. The van der Waals surface area contributed by atoms with E-state index in [1.807, 2.05) is 31.2 Å². The van der Waals surface area contributed by atoms with Gasteiger partial charge >= 0.3 is 6.03 Å². The first-order valence-corrected chi connectivity index (χ1v) is 7.66. The fourth-order valence-electron chi connectivity index (χ4n) is 2.22. The Kier molecular flexibility index (Phi) is 5.02. The average molecular weight is 347 g/mol. The summed E-state index contributed by atoms with van der Waals surface area (Å²) in [5.74, 6) is 0. The number of halogens is 1. The van der Waals surface area contributed by atoms with Gasteiger partial charge < -0.3 is 10.6 Å². The number of carbonyl (C=O) groups is 1. The number of hydrogen-bond acceptors (Lipinski definition) is 1. The smallest absolute Gasteiger partial charge is 0.319 e. The van der Waals surface area contributed by atoms with Gasteiger partial charge in [0.05, 0.1) is 11.7 Å². The lowest BCUT2D eigenvalue weighted by Crippen LogP contribution is -2.31. The van der Waals surface area contributed by atoms with Crippen LogP contribution in [-0.2, 0) is 0 Å². The van der Waals surface area contributed by atoms with Crippen molar-refractivity contribution in [1.82, 2.24) is 5.32 Å². The van der Waals surface area contributed by atoms with Gasteiger partial charge in [-0.05, 0) is 60.0 Å². The third-order valence-electron chi connectivity index (χ3n) is 3.37. The summed E-state index contributed by atoms with van der Waals surface area (Å²) >= 11 is 3.41. The van der Waals surface area contributed by atoms with Crippen LogP contribution in [0.25, 0.3) is 0 Å². The van der Waals surface area contributed by atoms with Gasteiger partial charge in [0.1, 0.15) is 0 Å². The maximum absolute atomic E-state index is 12.1. The second-order valence-corrected chi connectivity index (χ2v) is 6.01. The summed E-state index contributed by atoms with van der Waals surface area (Å²) < 4.78 is 0.861. The minimum atomic E-state index is -0.213. The van der Waals surface area contributed by atoms with E-state index in [0.29, 0.717) is 0 Å². The largest absolute Gasteiger partial charge is 0.331 e. The molecule has 0 saturated carbocycles. The number of anilines is 1. The minimum absolute atomic E-state index is 0.0487. The molecule has 0 aliphatic carbocycles. The molecular formula is C17H19BrN2O. The molecule has 0 aromatic heterocycles. The van der Waals surface area contributed by atoms with E-state index >= 15 is 0 Å². The molecule has 0 aliphatic rings. The van der Waals surface area contributed by atoms with Gasteiger partial charge in [0.2, 0.25) is 0 Å². The van der Waals surface area contributed by atoms with Crippen molar-refractivity contribution in [3.05, 3.63) is 63.6 Å². The average Bonchev–Trinajstić information content (AvgIpc) is 2.44. The van der Waals surface area contributed by atoms with Gasteiger partial charge in [-0.2, -0.15) is 0 Å². The molecule has 0 bridgehead atoms. The summed E-state index contributed by atoms with van der Waals surface area (Å²) in [7, 11) is 0. The number of nitrogens with one attached hydrogen (secondary N) is 2. The highest BCUT2D eigenvalue weighted by Crippen LogP contribution is 2.22. The molecule has 0 heterocycles. The molecule has 0 radical (unpaired) electrons. The third-order valence-corrected chi connectivity index (χ3v) is 4.06. The highest BCUT2D eigenvalue weighted by molar-refractivity contribution is 9.10. The highest BCUT2D eigenvalue weighted by Gasteiger charge is 2.12. The molecule has 0 saturated heterocycles. The van der Waals surface area contributed by atoms with Crippen molar-refractivity contribution in [1.29, 1.82) is 0 Å². The zero-order valence-electron chi connectivity index (χ0n) is 12.4. The number of aryl methyl sites for hydroxylation is 2. The van der Waals surface area contributed by atoms with E-state index in [9.17, 15) is 4.79 Å². The maximum Gasteiger partial charge on any atom is 0.319 e. The highest BCUT2D eigenvalue weighted by atomic mass is 79.9. The standard InChI is InChI=1S/C17H19BrN2O/c1-11-8-9-12(2)14(10-11)13(3)19-17(21)20-16-7-5-4-6-15(16)18/h4-10,13H,1-3H3,(H2,19,20,21). The van der Waals surface area contributed by atoms with E-state index in [1.165, 1.54) is 11.1 Å². The number of benzene rings is 2. The molecule has 0 fully saturated rings. The zero-order valence-corrected chi connectivity index (χ0v) is 14.0. The van der Waals surface area contributed by atoms with Gasteiger partial charge in [-0.1, -0.05) is 35.9 Å². The zero-order chi connectivity index (χ0) is 15.4. The first kappa shape index (κ1) is 15.6. The second-order valence-electron chi connectivity index (χ2n) is 5.16. The molecule has 1 atom stereocenters. The van der Waals surface area contributed by atoms with Crippen LogP contribution in [0.3, 0.4) is 0 Å². The summed E-state index contributed by atoms with van der Waals surface area (Å²) in [6.45, 7) is 6.09. The minimum Gasteiger partial charge on any atom is -0.331 e. The molecule has 2 rings (SSSR count). The van der Waals surface area contributed by atoms with Crippen molar-refractivity contribution in [2.75, 3.05) is 5.32 Å². The summed E-state index contributed by atoms with van der Waals surface area (Å²) in [4.78, 5) is 12.1. The van der Waals surface area contributed by atoms with Gasteiger partial charge in [-0.25, -0.2) is 4.79 Å². The molecule has 4 heteroatoms. The molecule has 110 valence electrons. The fourth-order valence-corrected chi connectivity index (χ4v) is 2.61. The first-order chi connectivity index (χ1) is 9.97. The van der Waals surface area contributed by atoms with Crippen LogP contribution < -0.4 is 10.6 Å². The molecule has 21 heavy (non-hydrogen) atoms. The molecule has 2 aromatic carbocycles.